The molecular formula is C24H23N3O3. The van der Waals surface area contributed by atoms with Crippen molar-refractivity contribution in [3.05, 3.63) is 59.7 Å². The molecule has 1 saturated carbocycles. The van der Waals surface area contributed by atoms with E-state index in [-0.39, 0.29) is 5.56 Å². The third kappa shape index (κ3) is 4.18. The highest BCUT2D eigenvalue weighted by molar-refractivity contribution is 5.99. The summed E-state index contributed by atoms with van der Waals surface area (Å²) in [6.07, 6.45) is 4.12. The largest absolute Gasteiger partial charge is 0.452 e. The summed E-state index contributed by atoms with van der Waals surface area (Å²) in [5, 5.41) is 19.0. The molecule has 0 heterocycles. The fourth-order valence-corrected chi connectivity index (χ4v) is 3.91. The van der Waals surface area contributed by atoms with E-state index in [4.69, 9.17) is 4.74 Å². The number of hydrogen-bond donors (Lipinski definition) is 0. The molecule has 30 heavy (non-hydrogen) atoms. The topological polar surface area (TPSA) is 94.2 Å². The van der Waals surface area contributed by atoms with Gasteiger partial charge in [0.15, 0.2) is 6.61 Å². The molecule has 0 aliphatic heterocycles. The van der Waals surface area contributed by atoms with E-state index in [1.165, 1.54) is 4.90 Å². The Hall–Kier alpha value is -3.64. The number of esters is 1. The maximum Gasteiger partial charge on any atom is 0.339 e. The van der Waals surface area contributed by atoms with Crippen LogP contribution in [0.5, 0.6) is 0 Å². The minimum atomic E-state index is -0.828. The molecule has 1 aliphatic carbocycles. The van der Waals surface area contributed by atoms with Crippen LogP contribution in [0.4, 0.5) is 0 Å². The quantitative estimate of drug-likeness (QED) is 0.704. The van der Waals surface area contributed by atoms with Gasteiger partial charge in [-0.1, -0.05) is 55.7 Å². The summed E-state index contributed by atoms with van der Waals surface area (Å²) in [6, 6.07) is 18.3. The molecule has 0 bridgehead atoms. The molecule has 3 rings (SSSR count). The highest BCUT2D eigenvalue weighted by atomic mass is 16.5. The summed E-state index contributed by atoms with van der Waals surface area (Å²) >= 11 is 0. The fourth-order valence-electron chi connectivity index (χ4n) is 3.91. The zero-order chi connectivity index (χ0) is 21.6. The lowest BCUT2D eigenvalue weighted by Crippen LogP contribution is -2.51. The molecule has 0 N–H and O–H groups in total. The predicted octanol–water partition coefficient (Wildman–Crippen LogP) is 4.07. The number of benzene rings is 2. The predicted molar refractivity (Wildman–Crippen MR) is 111 cm³/mol. The van der Waals surface area contributed by atoms with Gasteiger partial charge in [-0.3, -0.25) is 4.79 Å². The molecule has 1 amide bonds. The number of amides is 1. The lowest BCUT2D eigenvalue weighted by atomic mass is 9.81. The number of nitriles is 2. The van der Waals surface area contributed by atoms with Crippen LogP contribution in [0.2, 0.25) is 0 Å². The minimum Gasteiger partial charge on any atom is -0.452 e. The van der Waals surface area contributed by atoms with E-state index in [0.717, 1.165) is 19.3 Å². The molecule has 0 saturated heterocycles. The first-order valence-electron chi connectivity index (χ1n) is 9.96. The van der Waals surface area contributed by atoms with Crippen LogP contribution in [0.1, 0.15) is 48.0 Å². The van der Waals surface area contributed by atoms with Crippen molar-refractivity contribution < 1.29 is 14.3 Å². The van der Waals surface area contributed by atoms with E-state index in [9.17, 15) is 20.1 Å². The highest BCUT2D eigenvalue weighted by Crippen LogP contribution is 2.32. The van der Waals surface area contributed by atoms with Crippen LogP contribution in [-0.2, 0) is 9.53 Å². The smallest absolute Gasteiger partial charge is 0.339 e. The number of nitrogens with zero attached hydrogens (tertiary/aromatic N) is 3. The van der Waals surface area contributed by atoms with Crippen molar-refractivity contribution in [2.75, 3.05) is 13.7 Å². The molecular weight excluding hydrogens is 378 g/mol. The van der Waals surface area contributed by atoms with Crippen LogP contribution >= 0.6 is 0 Å². The van der Waals surface area contributed by atoms with Crippen molar-refractivity contribution >= 4 is 11.9 Å². The number of rotatable bonds is 5. The standard InChI is InChI=1S/C24H23N3O3/c1-27(24(17-26)13-7-2-8-14-24)22(28)16-30-23(29)21-12-6-5-11-20(21)19-10-4-3-9-18(19)15-25/h3-6,9-12H,2,7-8,13-14,16H2,1H3. The van der Waals surface area contributed by atoms with Crippen LogP contribution < -0.4 is 0 Å². The first-order valence-corrected chi connectivity index (χ1v) is 9.96. The average molecular weight is 401 g/mol. The van der Waals surface area contributed by atoms with Gasteiger partial charge in [-0.25, -0.2) is 4.79 Å². The van der Waals surface area contributed by atoms with Crippen molar-refractivity contribution in [1.82, 2.24) is 4.90 Å². The summed E-state index contributed by atoms with van der Waals surface area (Å²) in [4.78, 5) is 26.8. The van der Waals surface area contributed by atoms with E-state index in [2.05, 4.69) is 12.1 Å². The van der Waals surface area contributed by atoms with E-state index in [0.29, 0.717) is 29.5 Å². The molecule has 1 aliphatic rings. The number of hydrogen-bond acceptors (Lipinski definition) is 5. The van der Waals surface area contributed by atoms with Crippen molar-refractivity contribution in [2.24, 2.45) is 0 Å². The van der Waals surface area contributed by atoms with Crippen LogP contribution in [-0.4, -0.2) is 36.0 Å². The van der Waals surface area contributed by atoms with Crippen LogP contribution in [0.25, 0.3) is 11.1 Å². The molecule has 0 unspecified atom stereocenters. The summed E-state index contributed by atoms with van der Waals surface area (Å²) in [5.41, 5.74) is 1.10. The molecule has 0 aromatic heterocycles. The zero-order valence-electron chi connectivity index (χ0n) is 16.9. The first kappa shape index (κ1) is 21.1. The Morgan fingerprint density at radius 2 is 1.63 bits per heavy atom. The van der Waals surface area contributed by atoms with Gasteiger partial charge in [-0.2, -0.15) is 10.5 Å². The monoisotopic (exact) mass is 401 g/mol. The lowest BCUT2D eigenvalue weighted by Gasteiger charge is -2.38. The molecule has 0 spiro atoms. The number of likely N-dealkylation sites (N-methyl/N-ethyl adjacent to an activating group) is 1. The zero-order valence-corrected chi connectivity index (χ0v) is 16.9. The van der Waals surface area contributed by atoms with Crippen molar-refractivity contribution in [3.8, 4) is 23.3 Å². The SMILES string of the molecule is CN(C(=O)COC(=O)c1ccccc1-c1ccccc1C#N)C1(C#N)CCCCC1. The van der Waals surface area contributed by atoms with Gasteiger partial charge in [0.25, 0.3) is 5.91 Å². The molecule has 1 fully saturated rings. The second-order valence-electron chi connectivity index (χ2n) is 7.44. The Labute approximate surface area is 176 Å². The number of carbonyl (C=O) groups excluding carboxylic acids is 2. The van der Waals surface area contributed by atoms with Crippen molar-refractivity contribution in [1.29, 1.82) is 10.5 Å². The molecule has 0 atom stereocenters. The van der Waals surface area contributed by atoms with Crippen LogP contribution in [0.3, 0.4) is 0 Å². The van der Waals surface area contributed by atoms with Crippen molar-refractivity contribution in [2.45, 2.75) is 37.6 Å². The normalized spacial score (nSPS) is 14.8. The third-order valence-corrected chi connectivity index (χ3v) is 5.72. The van der Waals surface area contributed by atoms with Gasteiger partial charge in [0.05, 0.1) is 23.3 Å². The fraction of sp³-hybridized carbons (Fsp3) is 0.333. The van der Waals surface area contributed by atoms with Crippen molar-refractivity contribution in [3.63, 3.8) is 0 Å². The second-order valence-corrected chi connectivity index (χ2v) is 7.44. The summed E-state index contributed by atoms with van der Waals surface area (Å²) in [6.45, 7) is -0.438. The van der Waals surface area contributed by atoms with Gasteiger partial charge in [0.1, 0.15) is 5.54 Å². The molecule has 6 heteroatoms. The van der Waals surface area contributed by atoms with Gasteiger partial charge < -0.3 is 9.64 Å². The Morgan fingerprint density at radius 1 is 1.00 bits per heavy atom. The van der Waals surface area contributed by atoms with E-state index >= 15 is 0 Å². The van der Waals surface area contributed by atoms with Crippen LogP contribution in [0.15, 0.2) is 48.5 Å². The molecule has 6 nitrogen and oxygen atoms in total. The van der Waals surface area contributed by atoms with E-state index in [1.807, 2.05) is 0 Å². The van der Waals surface area contributed by atoms with Gasteiger partial charge in [0.2, 0.25) is 0 Å². The summed E-state index contributed by atoms with van der Waals surface area (Å²) in [7, 11) is 1.60. The Kier molecular flexibility index (Phi) is 6.49. The van der Waals surface area contributed by atoms with E-state index < -0.39 is 24.0 Å². The Morgan fingerprint density at radius 3 is 2.30 bits per heavy atom. The maximum atomic E-state index is 12.8. The molecule has 2 aromatic rings. The van der Waals surface area contributed by atoms with E-state index in [1.54, 1.807) is 55.6 Å². The molecule has 152 valence electrons. The highest BCUT2D eigenvalue weighted by Gasteiger charge is 2.39. The van der Waals surface area contributed by atoms with Gasteiger partial charge >= 0.3 is 5.97 Å². The van der Waals surface area contributed by atoms with Crippen LogP contribution in [0, 0.1) is 22.7 Å². The number of carbonyl (C=O) groups is 2. The average Bonchev–Trinajstić information content (AvgIpc) is 2.82. The van der Waals surface area contributed by atoms with Gasteiger partial charge in [-0.15, -0.1) is 0 Å². The van der Waals surface area contributed by atoms with Gasteiger partial charge in [-0.05, 0) is 30.5 Å². The Bertz CT molecular complexity index is 1030. The minimum absolute atomic E-state index is 0.281. The maximum absolute atomic E-state index is 12.8. The summed E-state index contributed by atoms with van der Waals surface area (Å²) in [5.74, 6) is -1.04. The first-order chi connectivity index (χ1) is 14.5. The molecule has 2 aromatic carbocycles. The molecule has 0 radical (unpaired) electrons. The third-order valence-electron chi connectivity index (χ3n) is 5.72. The Balaban J connectivity index is 1.75. The number of ether oxygens (including phenoxy) is 1. The lowest BCUT2D eigenvalue weighted by molar-refractivity contribution is -0.138. The second kappa shape index (κ2) is 9.24. The van der Waals surface area contributed by atoms with Gasteiger partial charge in [0, 0.05) is 12.6 Å². The summed E-state index contributed by atoms with van der Waals surface area (Å²) < 4.78 is 5.30.